The van der Waals surface area contributed by atoms with Crippen LogP contribution in [0.5, 0.6) is 0 Å². The Morgan fingerprint density at radius 1 is 1.50 bits per heavy atom. The van der Waals surface area contributed by atoms with Gasteiger partial charge in [-0.15, -0.1) is 10.2 Å². The molecule has 0 radical (unpaired) electrons. The zero-order valence-electron chi connectivity index (χ0n) is 6.88. The molecule has 0 spiro atoms. The molecule has 14 heavy (non-hydrogen) atoms. The summed E-state index contributed by atoms with van der Waals surface area (Å²) in [5, 5.41) is 19.1. The SMILES string of the molecule is Nc1[nH]ncc1-c1nn2cnnc2s1. The van der Waals surface area contributed by atoms with E-state index in [9.17, 15) is 0 Å². The van der Waals surface area contributed by atoms with Crippen LogP contribution in [0.3, 0.4) is 0 Å². The van der Waals surface area contributed by atoms with Crippen LogP contribution < -0.4 is 5.73 Å². The number of nitrogens with zero attached hydrogens (tertiary/aromatic N) is 5. The number of hydrogen-bond acceptors (Lipinski definition) is 6. The van der Waals surface area contributed by atoms with Crippen LogP contribution in [-0.2, 0) is 0 Å². The van der Waals surface area contributed by atoms with Crippen LogP contribution in [0.1, 0.15) is 0 Å². The number of H-pyrrole nitrogens is 1. The molecule has 3 aromatic rings. The van der Waals surface area contributed by atoms with Crippen LogP contribution in [0.25, 0.3) is 15.5 Å². The first-order chi connectivity index (χ1) is 6.84. The quantitative estimate of drug-likeness (QED) is 0.592. The second kappa shape index (κ2) is 2.51. The highest BCUT2D eigenvalue weighted by Gasteiger charge is 2.11. The van der Waals surface area contributed by atoms with Crippen molar-refractivity contribution in [1.29, 1.82) is 0 Å². The highest BCUT2D eigenvalue weighted by Crippen LogP contribution is 2.27. The molecule has 3 rings (SSSR count). The van der Waals surface area contributed by atoms with Gasteiger partial charge in [-0.1, -0.05) is 11.3 Å². The lowest BCUT2D eigenvalue weighted by Gasteiger charge is -1.88. The number of nitrogen functional groups attached to an aromatic ring is 1. The molecule has 0 aliphatic rings. The molecule has 3 heterocycles. The molecule has 0 atom stereocenters. The van der Waals surface area contributed by atoms with Crippen molar-refractivity contribution in [2.45, 2.75) is 0 Å². The van der Waals surface area contributed by atoms with Crippen molar-refractivity contribution in [3.8, 4) is 10.6 Å². The van der Waals surface area contributed by atoms with Gasteiger partial charge in [-0.25, -0.2) is 0 Å². The Balaban J connectivity index is 2.23. The lowest BCUT2D eigenvalue weighted by atomic mass is 10.3. The molecular weight excluding hydrogens is 202 g/mol. The third-order valence-electron chi connectivity index (χ3n) is 1.79. The molecule has 0 bridgehead atoms. The third kappa shape index (κ3) is 0.909. The van der Waals surface area contributed by atoms with Crippen molar-refractivity contribution < 1.29 is 0 Å². The normalized spacial score (nSPS) is 11.1. The van der Waals surface area contributed by atoms with Gasteiger partial charge in [0.25, 0.3) is 0 Å². The zero-order chi connectivity index (χ0) is 9.54. The highest BCUT2D eigenvalue weighted by molar-refractivity contribution is 7.19. The Morgan fingerprint density at radius 3 is 3.14 bits per heavy atom. The summed E-state index contributed by atoms with van der Waals surface area (Å²) in [7, 11) is 0. The number of fused-ring (bicyclic) bond motifs is 1. The minimum absolute atomic E-state index is 0.509. The van der Waals surface area contributed by atoms with Gasteiger partial charge in [-0.2, -0.15) is 14.7 Å². The number of nitrogens with one attached hydrogen (secondary N) is 1. The maximum Gasteiger partial charge on any atom is 0.234 e. The summed E-state index contributed by atoms with van der Waals surface area (Å²) in [6, 6.07) is 0. The lowest BCUT2D eigenvalue weighted by molar-refractivity contribution is 0.960. The van der Waals surface area contributed by atoms with Crippen molar-refractivity contribution in [3.05, 3.63) is 12.5 Å². The zero-order valence-corrected chi connectivity index (χ0v) is 7.69. The fourth-order valence-corrected chi connectivity index (χ4v) is 1.98. The minimum atomic E-state index is 0.509. The largest absolute Gasteiger partial charge is 0.383 e. The van der Waals surface area contributed by atoms with Crippen LogP contribution in [0.2, 0.25) is 0 Å². The molecule has 0 aromatic carbocycles. The molecule has 0 aliphatic carbocycles. The van der Waals surface area contributed by atoms with Crippen molar-refractivity contribution in [3.63, 3.8) is 0 Å². The van der Waals surface area contributed by atoms with Crippen LogP contribution in [0.4, 0.5) is 5.82 Å². The summed E-state index contributed by atoms with van der Waals surface area (Å²) in [4.78, 5) is 0.737. The van der Waals surface area contributed by atoms with Gasteiger partial charge in [0.05, 0.1) is 11.8 Å². The summed E-state index contributed by atoms with van der Waals surface area (Å²) in [6.07, 6.45) is 3.19. The molecule has 0 aliphatic heterocycles. The Kier molecular flexibility index (Phi) is 1.34. The van der Waals surface area contributed by atoms with Gasteiger partial charge >= 0.3 is 0 Å². The maximum absolute atomic E-state index is 5.67. The van der Waals surface area contributed by atoms with E-state index < -0.39 is 0 Å². The summed E-state index contributed by atoms with van der Waals surface area (Å²) < 4.78 is 1.60. The van der Waals surface area contributed by atoms with E-state index in [0.717, 1.165) is 15.5 Å². The van der Waals surface area contributed by atoms with Crippen molar-refractivity contribution in [1.82, 2.24) is 30.0 Å². The van der Waals surface area contributed by atoms with Crippen LogP contribution in [-0.4, -0.2) is 30.0 Å². The summed E-state index contributed by atoms with van der Waals surface area (Å²) in [6.45, 7) is 0. The predicted octanol–water partition coefficient (Wildman–Crippen LogP) is 0.158. The first-order valence-corrected chi connectivity index (χ1v) is 4.62. The second-order valence-corrected chi connectivity index (χ2v) is 3.62. The number of hydrogen-bond donors (Lipinski definition) is 2. The van der Waals surface area contributed by atoms with Crippen LogP contribution in [0.15, 0.2) is 12.5 Å². The molecule has 0 amide bonds. The van der Waals surface area contributed by atoms with Crippen molar-refractivity contribution in [2.24, 2.45) is 0 Å². The first-order valence-electron chi connectivity index (χ1n) is 3.80. The van der Waals surface area contributed by atoms with E-state index in [0.29, 0.717) is 5.82 Å². The van der Waals surface area contributed by atoms with Gasteiger partial charge in [0.15, 0.2) is 5.01 Å². The number of aromatic amines is 1. The van der Waals surface area contributed by atoms with Gasteiger partial charge < -0.3 is 5.73 Å². The fourth-order valence-electron chi connectivity index (χ4n) is 1.14. The van der Waals surface area contributed by atoms with E-state index in [2.05, 4.69) is 25.5 Å². The van der Waals surface area contributed by atoms with Gasteiger partial charge in [-0.05, 0) is 0 Å². The number of aromatic nitrogens is 6. The highest BCUT2D eigenvalue weighted by atomic mass is 32.1. The summed E-state index contributed by atoms with van der Waals surface area (Å²) in [5.41, 5.74) is 6.46. The molecule has 0 fully saturated rings. The average Bonchev–Trinajstić information content (AvgIpc) is 2.75. The van der Waals surface area contributed by atoms with E-state index in [-0.39, 0.29) is 0 Å². The molecule has 8 heteroatoms. The minimum Gasteiger partial charge on any atom is -0.383 e. The Morgan fingerprint density at radius 2 is 2.43 bits per heavy atom. The molecule has 0 saturated heterocycles. The van der Waals surface area contributed by atoms with Gasteiger partial charge in [0.2, 0.25) is 4.96 Å². The number of rotatable bonds is 1. The third-order valence-corrected chi connectivity index (χ3v) is 2.73. The van der Waals surface area contributed by atoms with Crippen molar-refractivity contribution in [2.75, 3.05) is 5.73 Å². The predicted molar refractivity (Wildman–Crippen MR) is 50.7 cm³/mol. The van der Waals surface area contributed by atoms with E-state index in [1.54, 1.807) is 17.0 Å². The van der Waals surface area contributed by atoms with E-state index in [1.807, 2.05) is 0 Å². The fraction of sp³-hybridized carbons (Fsp3) is 0. The van der Waals surface area contributed by atoms with Crippen LogP contribution in [0, 0.1) is 0 Å². The molecular formula is C6H5N7S. The Labute approximate surface area is 81.6 Å². The van der Waals surface area contributed by atoms with E-state index in [1.165, 1.54) is 11.3 Å². The standard InChI is InChI=1S/C6H5N7S/c7-4-3(1-8-10-4)5-12-13-2-9-11-6(13)14-5/h1-2H,(H3,7,8,10). The topological polar surface area (TPSA) is 97.8 Å². The molecule has 3 N–H and O–H groups in total. The molecule has 7 nitrogen and oxygen atoms in total. The van der Waals surface area contributed by atoms with Crippen molar-refractivity contribution >= 4 is 22.1 Å². The van der Waals surface area contributed by atoms with E-state index in [4.69, 9.17) is 5.73 Å². The van der Waals surface area contributed by atoms with Gasteiger partial charge in [-0.3, -0.25) is 5.10 Å². The van der Waals surface area contributed by atoms with E-state index >= 15 is 0 Å². The first kappa shape index (κ1) is 7.44. The summed E-state index contributed by atoms with van der Waals surface area (Å²) >= 11 is 1.41. The smallest absolute Gasteiger partial charge is 0.234 e. The van der Waals surface area contributed by atoms with Crippen LogP contribution >= 0.6 is 11.3 Å². The molecule has 0 saturated carbocycles. The molecule has 0 unspecified atom stereocenters. The Bertz CT molecular complexity index is 547. The molecule has 70 valence electrons. The van der Waals surface area contributed by atoms with Gasteiger partial charge in [0.1, 0.15) is 12.1 Å². The maximum atomic E-state index is 5.67. The lowest BCUT2D eigenvalue weighted by Crippen LogP contribution is -1.88. The summed E-state index contributed by atoms with van der Waals surface area (Å²) in [5.74, 6) is 0.509. The van der Waals surface area contributed by atoms with Gasteiger partial charge in [0, 0.05) is 0 Å². The number of anilines is 1. The second-order valence-electron chi connectivity index (χ2n) is 2.66. The molecule has 3 aromatic heterocycles. The Hall–Kier alpha value is -1.96. The monoisotopic (exact) mass is 207 g/mol. The number of nitrogens with two attached hydrogens (primary N) is 1. The average molecular weight is 207 g/mol.